The van der Waals surface area contributed by atoms with Gasteiger partial charge in [-0.25, -0.2) is 0 Å². The summed E-state index contributed by atoms with van der Waals surface area (Å²) in [7, 11) is 0. The summed E-state index contributed by atoms with van der Waals surface area (Å²) in [5.74, 6) is 0.668. The zero-order valence-corrected chi connectivity index (χ0v) is 7.60. The quantitative estimate of drug-likeness (QED) is 0.669. The minimum Gasteiger partial charge on any atom is -0.380 e. The van der Waals surface area contributed by atoms with Crippen LogP contribution in [-0.2, 0) is 4.74 Å². The minimum atomic E-state index is 0.434. The highest BCUT2D eigenvalue weighted by Crippen LogP contribution is 2.40. The molecule has 2 N–H and O–H groups in total. The molecule has 0 amide bonds. The van der Waals surface area contributed by atoms with Gasteiger partial charge in [0, 0.05) is 5.41 Å². The molecule has 1 fully saturated rings. The van der Waals surface area contributed by atoms with Crippen molar-refractivity contribution in [1.29, 1.82) is 0 Å². The average molecular weight is 157 g/mol. The summed E-state index contributed by atoms with van der Waals surface area (Å²) in [5, 5.41) is 0. The molecule has 0 aromatic carbocycles. The van der Waals surface area contributed by atoms with Gasteiger partial charge in [-0.15, -0.1) is 0 Å². The van der Waals surface area contributed by atoms with Crippen molar-refractivity contribution in [1.82, 2.24) is 0 Å². The Morgan fingerprint density at radius 3 is 2.18 bits per heavy atom. The van der Waals surface area contributed by atoms with Crippen LogP contribution in [0.4, 0.5) is 0 Å². The molecule has 11 heavy (non-hydrogen) atoms. The van der Waals surface area contributed by atoms with Crippen LogP contribution in [0.1, 0.15) is 26.7 Å². The number of rotatable bonds is 4. The van der Waals surface area contributed by atoms with Crippen molar-refractivity contribution in [3.8, 4) is 0 Å². The molecular formula is C9H19NO. The van der Waals surface area contributed by atoms with Crippen LogP contribution < -0.4 is 5.73 Å². The summed E-state index contributed by atoms with van der Waals surface area (Å²) in [6, 6.07) is 0. The van der Waals surface area contributed by atoms with Crippen molar-refractivity contribution in [2.24, 2.45) is 17.1 Å². The first-order valence-corrected chi connectivity index (χ1v) is 4.57. The molecular weight excluding hydrogens is 138 g/mol. The molecule has 0 saturated carbocycles. The Balaban J connectivity index is 2.51. The molecule has 0 aromatic rings. The van der Waals surface area contributed by atoms with E-state index in [0.29, 0.717) is 11.3 Å². The predicted molar refractivity (Wildman–Crippen MR) is 46.4 cm³/mol. The van der Waals surface area contributed by atoms with E-state index in [4.69, 9.17) is 10.5 Å². The third kappa shape index (κ3) is 1.42. The van der Waals surface area contributed by atoms with Gasteiger partial charge in [-0.3, -0.25) is 0 Å². The van der Waals surface area contributed by atoms with E-state index in [1.165, 1.54) is 12.8 Å². The van der Waals surface area contributed by atoms with Crippen LogP contribution in [0.5, 0.6) is 0 Å². The molecule has 1 heterocycles. The Labute approximate surface area is 69.1 Å². The summed E-state index contributed by atoms with van der Waals surface area (Å²) in [6.07, 6.45) is 2.40. The van der Waals surface area contributed by atoms with Gasteiger partial charge in [-0.1, -0.05) is 20.3 Å². The number of hydrogen-bond acceptors (Lipinski definition) is 2. The molecule has 0 aliphatic carbocycles. The fourth-order valence-electron chi connectivity index (χ4n) is 1.94. The molecule has 0 aromatic heterocycles. The minimum absolute atomic E-state index is 0.434. The molecule has 1 aliphatic heterocycles. The Morgan fingerprint density at radius 1 is 1.45 bits per heavy atom. The first-order chi connectivity index (χ1) is 5.29. The van der Waals surface area contributed by atoms with E-state index in [1.807, 2.05) is 0 Å². The van der Waals surface area contributed by atoms with Crippen molar-refractivity contribution in [3.63, 3.8) is 0 Å². The SMILES string of the molecule is CCC(CN)C1(CC)COC1. The Bertz CT molecular complexity index is 111. The standard InChI is InChI=1S/C9H19NO/c1-3-8(5-10)9(4-2)6-11-7-9/h8H,3-7,10H2,1-2H3. The van der Waals surface area contributed by atoms with E-state index in [9.17, 15) is 0 Å². The molecule has 1 unspecified atom stereocenters. The third-order valence-electron chi connectivity index (χ3n) is 3.13. The molecule has 1 aliphatic rings. The zero-order chi connectivity index (χ0) is 8.32. The maximum absolute atomic E-state index is 5.70. The monoisotopic (exact) mass is 157 g/mol. The largest absolute Gasteiger partial charge is 0.380 e. The summed E-state index contributed by atoms with van der Waals surface area (Å²) in [4.78, 5) is 0. The molecule has 1 atom stereocenters. The number of nitrogens with two attached hydrogens (primary N) is 1. The van der Waals surface area contributed by atoms with E-state index >= 15 is 0 Å². The summed E-state index contributed by atoms with van der Waals surface area (Å²) in [6.45, 7) is 7.13. The molecule has 0 radical (unpaired) electrons. The van der Waals surface area contributed by atoms with Gasteiger partial charge in [0.1, 0.15) is 0 Å². The maximum Gasteiger partial charge on any atom is 0.0547 e. The zero-order valence-electron chi connectivity index (χ0n) is 7.60. The predicted octanol–water partition coefficient (Wildman–Crippen LogP) is 1.40. The van der Waals surface area contributed by atoms with Crippen molar-refractivity contribution in [2.45, 2.75) is 26.7 Å². The number of ether oxygens (including phenoxy) is 1. The Kier molecular flexibility index (Phi) is 2.90. The average Bonchev–Trinajstić information content (AvgIpc) is 1.96. The van der Waals surface area contributed by atoms with E-state index in [2.05, 4.69) is 13.8 Å². The van der Waals surface area contributed by atoms with E-state index in [-0.39, 0.29) is 0 Å². The van der Waals surface area contributed by atoms with Crippen molar-refractivity contribution in [3.05, 3.63) is 0 Å². The molecule has 1 rings (SSSR count). The van der Waals surface area contributed by atoms with Gasteiger partial charge in [0.15, 0.2) is 0 Å². The van der Waals surface area contributed by atoms with Crippen LogP contribution in [0, 0.1) is 11.3 Å². The fraction of sp³-hybridized carbons (Fsp3) is 1.00. The van der Waals surface area contributed by atoms with Gasteiger partial charge in [0.25, 0.3) is 0 Å². The molecule has 66 valence electrons. The second-order valence-corrected chi connectivity index (χ2v) is 3.55. The maximum atomic E-state index is 5.70. The Morgan fingerprint density at radius 2 is 2.09 bits per heavy atom. The topological polar surface area (TPSA) is 35.2 Å². The molecule has 0 bridgehead atoms. The van der Waals surface area contributed by atoms with Crippen molar-refractivity contribution in [2.75, 3.05) is 19.8 Å². The highest BCUT2D eigenvalue weighted by Gasteiger charge is 2.42. The highest BCUT2D eigenvalue weighted by atomic mass is 16.5. The smallest absolute Gasteiger partial charge is 0.0547 e. The van der Waals surface area contributed by atoms with E-state index < -0.39 is 0 Å². The van der Waals surface area contributed by atoms with Crippen LogP contribution in [0.2, 0.25) is 0 Å². The second-order valence-electron chi connectivity index (χ2n) is 3.55. The first kappa shape index (κ1) is 9.01. The summed E-state index contributed by atoms with van der Waals surface area (Å²) < 4.78 is 5.26. The highest BCUT2D eigenvalue weighted by molar-refractivity contribution is 4.90. The van der Waals surface area contributed by atoms with Gasteiger partial charge in [0.2, 0.25) is 0 Å². The third-order valence-corrected chi connectivity index (χ3v) is 3.13. The Hall–Kier alpha value is -0.0800. The summed E-state index contributed by atoms with van der Waals surface area (Å²) >= 11 is 0. The second kappa shape index (κ2) is 3.55. The fourth-order valence-corrected chi connectivity index (χ4v) is 1.94. The lowest BCUT2D eigenvalue weighted by molar-refractivity contribution is -0.146. The normalized spacial score (nSPS) is 24.3. The van der Waals surface area contributed by atoms with Gasteiger partial charge < -0.3 is 10.5 Å². The van der Waals surface area contributed by atoms with E-state index in [0.717, 1.165) is 19.8 Å². The van der Waals surface area contributed by atoms with Crippen LogP contribution in [0.25, 0.3) is 0 Å². The van der Waals surface area contributed by atoms with Crippen molar-refractivity contribution < 1.29 is 4.74 Å². The molecule has 1 saturated heterocycles. The lowest BCUT2D eigenvalue weighted by atomic mass is 9.70. The molecule has 2 heteroatoms. The first-order valence-electron chi connectivity index (χ1n) is 4.57. The lowest BCUT2D eigenvalue weighted by Crippen LogP contribution is -2.50. The molecule has 2 nitrogen and oxygen atoms in total. The molecule has 0 spiro atoms. The van der Waals surface area contributed by atoms with Crippen LogP contribution in [-0.4, -0.2) is 19.8 Å². The van der Waals surface area contributed by atoms with Gasteiger partial charge in [0.05, 0.1) is 13.2 Å². The van der Waals surface area contributed by atoms with Crippen LogP contribution >= 0.6 is 0 Å². The number of hydrogen-bond donors (Lipinski definition) is 1. The van der Waals surface area contributed by atoms with Crippen LogP contribution in [0.3, 0.4) is 0 Å². The van der Waals surface area contributed by atoms with Gasteiger partial charge in [-0.2, -0.15) is 0 Å². The lowest BCUT2D eigenvalue weighted by Gasteiger charge is -2.46. The van der Waals surface area contributed by atoms with Gasteiger partial charge >= 0.3 is 0 Å². The summed E-state index contributed by atoms with van der Waals surface area (Å²) in [5.41, 5.74) is 6.13. The van der Waals surface area contributed by atoms with Crippen LogP contribution in [0.15, 0.2) is 0 Å². The van der Waals surface area contributed by atoms with Crippen molar-refractivity contribution >= 4 is 0 Å². The van der Waals surface area contributed by atoms with E-state index in [1.54, 1.807) is 0 Å². The van der Waals surface area contributed by atoms with Gasteiger partial charge in [-0.05, 0) is 18.9 Å².